The summed E-state index contributed by atoms with van der Waals surface area (Å²) in [6.45, 7) is 5.65. The Morgan fingerprint density at radius 3 is 2.38 bits per heavy atom. The van der Waals surface area contributed by atoms with Crippen molar-refractivity contribution in [1.82, 2.24) is 9.97 Å². The molecule has 8 heteroatoms. The van der Waals surface area contributed by atoms with E-state index in [1.54, 1.807) is 13.0 Å². The highest BCUT2D eigenvalue weighted by Gasteiger charge is 2.48. The van der Waals surface area contributed by atoms with E-state index in [4.69, 9.17) is 16.3 Å². The van der Waals surface area contributed by atoms with Crippen LogP contribution in [0.2, 0.25) is 5.02 Å². The fourth-order valence-corrected chi connectivity index (χ4v) is 2.72. The second-order valence-electron chi connectivity index (χ2n) is 7.41. The first-order chi connectivity index (χ1) is 13.4. The largest absolute Gasteiger partial charge is 0.423 e. The van der Waals surface area contributed by atoms with Gasteiger partial charge in [0.05, 0.1) is 10.4 Å². The molecule has 0 saturated carbocycles. The number of ketones is 1. The first-order valence-electron chi connectivity index (χ1n) is 8.94. The molecule has 0 unspecified atom stereocenters. The van der Waals surface area contributed by atoms with E-state index in [1.165, 1.54) is 30.6 Å². The predicted molar refractivity (Wildman–Crippen MR) is 106 cm³/mol. The Balaban J connectivity index is 2.11. The molecule has 0 N–H and O–H groups in total. The Morgan fingerprint density at radius 1 is 1.24 bits per heavy atom. The van der Waals surface area contributed by atoms with Crippen LogP contribution in [-0.2, 0) is 10.2 Å². The van der Waals surface area contributed by atoms with E-state index in [-0.39, 0.29) is 34.0 Å². The highest BCUT2D eigenvalue weighted by atomic mass is 35.5. The molecule has 2 aromatic rings. The number of nitrogens with zero attached hydrogens (tertiary/aromatic N) is 2. The number of aromatic nitrogens is 2. The molecule has 0 bridgehead atoms. The van der Waals surface area contributed by atoms with Crippen molar-refractivity contribution in [2.45, 2.75) is 45.7 Å². The van der Waals surface area contributed by atoms with Crippen LogP contribution in [0.15, 0.2) is 36.7 Å². The minimum atomic E-state index is -4.41. The van der Waals surface area contributed by atoms with Gasteiger partial charge in [-0.15, -0.1) is 0 Å². The third kappa shape index (κ3) is 6.03. The number of alkyl halides is 3. The first-order valence-corrected chi connectivity index (χ1v) is 9.32. The molecule has 156 valence electrons. The van der Waals surface area contributed by atoms with Crippen LogP contribution in [0, 0.1) is 5.92 Å². The number of ether oxygens (including phenoxy) is 1. The highest BCUT2D eigenvalue weighted by molar-refractivity contribution is 6.32. The number of hydrogen-bond acceptors (Lipinski definition) is 4. The number of carbonyl (C=O) groups is 1. The van der Waals surface area contributed by atoms with Gasteiger partial charge in [-0.25, -0.2) is 9.97 Å². The van der Waals surface area contributed by atoms with Gasteiger partial charge in [0.2, 0.25) is 0 Å². The van der Waals surface area contributed by atoms with E-state index < -0.39 is 11.6 Å². The van der Waals surface area contributed by atoms with Gasteiger partial charge in [-0.3, -0.25) is 0 Å². The van der Waals surface area contributed by atoms with Crippen molar-refractivity contribution >= 4 is 23.5 Å². The summed E-state index contributed by atoms with van der Waals surface area (Å²) in [5.41, 5.74) is -1.29. The third-order valence-corrected chi connectivity index (χ3v) is 4.73. The minimum absolute atomic E-state index is 0.0173. The quantitative estimate of drug-likeness (QED) is 0.514. The fourth-order valence-electron chi connectivity index (χ4n) is 2.50. The standard InChI is InChI=1S/C21H22ClF3N2O2/c1-13(9-14(2)28)5-6-15-11-26-19(27-12-15)29-18-8-7-16(10-17(18)22)20(3,4)21(23,24)25/h5-8,10-13H,9H2,1-4H3/b6-5+/t13-/m0/s1. The van der Waals surface area contributed by atoms with Gasteiger partial charge in [-0.2, -0.15) is 13.2 Å². The Hall–Kier alpha value is -2.41. The van der Waals surface area contributed by atoms with Crippen molar-refractivity contribution < 1.29 is 22.7 Å². The van der Waals surface area contributed by atoms with Crippen molar-refractivity contribution in [2.75, 3.05) is 0 Å². The van der Waals surface area contributed by atoms with Crippen molar-refractivity contribution in [3.8, 4) is 11.8 Å². The molecule has 0 aliphatic carbocycles. The van der Waals surface area contributed by atoms with Gasteiger partial charge in [0.15, 0.2) is 0 Å². The monoisotopic (exact) mass is 426 g/mol. The number of benzene rings is 1. The fraction of sp³-hybridized carbons (Fsp3) is 0.381. The summed E-state index contributed by atoms with van der Waals surface area (Å²) in [6.07, 6.45) is 2.81. The van der Waals surface area contributed by atoms with Crippen molar-refractivity contribution in [3.63, 3.8) is 0 Å². The van der Waals surface area contributed by atoms with Crippen molar-refractivity contribution in [3.05, 3.63) is 52.8 Å². The second-order valence-corrected chi connectivity index (χ2v) is 7.82. The lowest BCUT2D eigenvalue weighted by atomic mass is 9.84. The zero-order valence-electron chi connectivity index (χ0n) is 16.5. The Labute approximate surface area is 172 Å². The highest BCUT2D eigenvalue weighted by Crippen LogP contribution is 2.42. The van der Waals surface area contributed by atoms with Gasteiger partial charge in [-0.1, -0.05) is 36.7 Å². The first kappa shape index (κ1) is 22.9. The van der Waals surface area contributed by atoms with E-state index in [9.17, 15) is 18.0 Å². The van der Waals surface area contributed by atoms with Gasteiger partial charge in [0.1, 0.15) is 11.5 Å². The summed E-state index contributed by atoms with van der Waals surface area (Å²) in [5, 5.41) is 0.0328. The van der Waals surface area contributed by atoms with Crippen LogP contribution in [0.5, 0.6) is 11.8 Å². The number of halogens is 4. The maximum Gasteiger partial charge on any atom is 0.397 e. The van der Waals surface area contributed by atoms with Gasteiger partial charge >= 0.3 is 12.2 Å². The van der Waals surface area contributed by atoms with Crippen LogP contribution in [0.4, 0.5) is 13.2 Å². The SMILES string of the molecule is CC(=O)C[C@@H](C)/C=C/c1cnc(Oc2ccc(C(C)(C)C(F)(F)F)cc2Cl)nc1. The molecular formula is C21H22ClF3N2O2. The van der Waals surface area contributed by atoms with Crippen LogP contribution >= 0.6 is 11.6 Å². The molecule has 0 fully saturated rings. The summed E-state index contributed by atoms with van der Waals surface area (Å²) < 4.78 is 45.1. The van der Waals surface area contributed by atoms with Crippen LogP contribution in [-0.4, -0.2) is 21.9 Å². The molecule has 0 aliphatic heterocycles. The minimum Gasteiger partial charge on any atom is -0.423 e. The number of Topliss-reactive ketones (excluding diaryl/α,β-unsaturated/α-hetero) is 1. The molecule has 0 saturated heterocycles. The average molecular weight is 427 g/mol. The van der Waals surface area contributed by atoms with E-state index >= 15 is 0 Å². The van der Waals surface area contributed by atoms with Crippen LogP contribution in [0.3, 0.4) is 0 Å². The summed E-state index contributed by atoms with van der Waals surface area (Å²) in [5.74, 6) is 0.372. The zero-order chi connectivity index (χ0) is 21.8. The van der Waals surface area contributed by atoms with Gasteiger partial charge in [0.25, 0.3) is 0 Å². The molecule has 29 heavy (non-hydrogen) atoms. The molecule has 1 atom stereocenters. The van der Waals surface area contributed by atoms with Crippen molar-refractivity contribution in [2.24, 2.45) is 5.92 Å². The van der Waals surface area contributed by atoms with E-state index in [0.29, 0.717) is 6.42 Å². The molecule has 1 aromatic heterocycles. The summed E-state index contributed by atoms with van der Waals surface area (Å²) in [4.78, 5) is 19.2. The predicted octanol–water partition coefficient (Wildman–Crippen LogP) is 6.39. The maximum atomic E-state index is 13.2. The summed E-state index contributed by atoms with van der Waals surface area (Å²) in [7, 11) is 0. The molecule has 0 spiro atoms. The lowest BCUT2D eigenvalue weighted by Crippen LogP contribution is -2.36. The van der Waals surface area contributed by atoms with Crippen molar-refractivity contribution in [1.29, 1.82) is 0 Å². The van der Waals surface area contributed by atoms with Gasteiger partial charge < -0.3 is 9.53 Å². The Kier molecular flexibility index (Phi) is 7.06. The Morgan fingerprint density at radius 2 is 1.86 bits per heavy atom. The Bertz CT molecular complexity index is 894. The summed E-state index contributed by atoms with van der Waals surface area (Å²) >= 11 is 6.11. The smallest absolute Gasteiger partial charge is 0.397 e. The molecule has 2 rings (SSSR count). The molecule has 0 amide bonds. The zero-order valence-corrected chi connectivity index (χ0v) is 17.3. The normalized spacial score (nSPS) is 13.5. The number of rotatable bonds is 7. The van der Waals surface area contributed by atoms with E-state index in [2.05, 4.69) is 9.97 Å². The summed E-state index contributed by atoms with van der Waals surface area (Å²) in [6, 6.07) is 3.94. The molecule has 0 radical (unpaired) electrons. The van der Waals surface area contributed by atoms with E-state index in [0.717, 1.165) is 19.4 Å². The lowest BCUT2D eigenvalue weighted by molar-refractivity contribution is -0.180. The van der Waals surface area contributed by atoms with Crippen LogP contribution < -0.4 is 4.74 Å². The molecule has 4 nitrogen and oxygen atoms in total. The van der Waals surface area contributed by atoms with Gasteiger partial charge in [0, 0.05) is 24.4 Å². The van der Waals surface area contributed by atoms with Crippen LogP contribution in [0.1, 0.15) is 45.2 Å². The number of allylic oxidation sites excluding steroid dienone is 1. The molecule has 1 aromatic carbocycles. The van der Waals surface area contributed by atoms with Gasteiger partial charge in [-0.05, 0) is 44.4 Å². The molecular weight excluding hydrogens is 405 g/mol. The molecule has 1 heterocycles. The topological polar surface area (TPSA) is 52.1 Å². The van der Waals surface area contributed by atoms with Crippen LogP contribution in [0.25, 0.3) is 6.08 Å². The number of carbonyl (C=O) groups excluding carboxylic acids is 1. The lowest BCUT2D eigenvalue weighted by Gasteiger charge is -2.28. The molecule has 0 aliphatic rings. The maximum absolute atomic E-state index is 13.2. The average Bonchev–Trinajstić information content (AvgIpc) is 2.61. The van der Waals surface area contributed by atoms with E-state index in [1.807, 2.05) is 13.0 Å². The third-order valence-electron chi connectivity index (χ3n) is 4.44. The number of hydrogen-bond donors (Lipinski definition) is 0. The second kappa shape index (κ2) is 8.95.